The van der Waals surface area contributed by atoms with Crippen LogP contribution in [-0.2, 0) is 0 Å². The van der Waals surface area contributed by atoms with Crippen molar-refractivity contribution in [2.45, 2.75) is 19.6 Å². The van der Waals surface area contributed by atoms with Gasteiger partial charge in [0.1, 0.15) is 0 Å². The first-order valence-electron chi connectivity index (χ1n) is 17.4. The van der Waals surface area contributed by atoms with E-state index >= 15 is 0 Å². The van der Waals surface area contributed by atoms with E-state index in [9.17, 15) is 0 Å². The molecule has 0 radical (unpaired) electrons. The molecule has 0 aliphatic carbocycles. The minimum absolute atomic E-state index is 1.15. The number of para-hydroxylation sites is 3. The van der Waals surface area contributed by atoms with Crippen LogP contribution in [0.3, 0.4) is 0 Å². The third-order valence-electron chi connectivity index (χ3n) is 10.2. The molecule has 0 aliphatic rings. The average Bonchev–Trinajstić information content (AvgIpc) is 3.73. The van der Waals surface area contributed by atoms with Gasteiger partial charge < -0.3 is 9.13 Å². The predicted molar refractivity (Wildman–Crippen MR) is 215 cm³/mol. The van der Waals surface area contributed by atoms with Crippen molar-refractivity contribution in [1.82, 2.24) is 9.13 Å². The molecule has 0 aliphatic heterocycles. The van der Waals surface area contributed by atoms with Crippen molar-refractivity contribution >= 4 is 53.6 Å². The summed E-state index contributed by atoms with van der Waals surface area (Å²) in [4.78, 5) is 5.28. The van der Waals surface area contributed by atoms with E-state index in [4.69, 9.17) is 0 Å². The number of nitrogens with zero attached hydrogens (tertiary/aromatic N) is 2. The van der Waals surface area contributed by atoms with Gasteiger partial charge in [0, 0.05) is 52.5 Å². The number of hydrogen-bond acceptors (Lipinski definition) is 0. The van der Waals surface area contributed by atoms with E-state index in [1.54, 1.807) is 0 Å². The SMILES string of the molecule is c1ccc(-n2c3ccccc3c3c4c5ccccc5n(-c5ccc(S(c6ccccc6)(c6ccccc6)c6ccccc6)cc5)c4ccc32)cc1. The van der Waals surface area contributed by atoms with Crippen molar-refractivity contribution in [3.05, 3.63) is 206 Å². The molecule has 8 aromatic carbocycles. The zero-order valence-corrected chi connectivity index (χ0v) is 28.7. The first-order chi connectivity index (χ1) is 25.3. The summed E-state index contributed by atoms with van der Waals surface area (Å²) in [6, 6.07) is 75.6. The summed E-state index contributed by atoms with van der Waals surface area (Å²) in [7, 11) is -1.77. The molecule has 0 N–H and O–H groups in total. The lowest BCUT2D eigenvalue weighted by Crippen LogP contribution is -2.05. The van der Waals surface area contributed by atoms with Gasteiger partial charge in [-0.25, -0.2) is 0 Å². The van der Waals surface area contributed by atoms with Crippen molar-refractivity contribution < 1.29 is 0 Å². The highest BCUT2D eigenvalue weighted by Crippen LogP contribution is 2.73. The largest absolute Gasteiger partial charge is 0.309 e. The van der Waals surface area contributed by atoms with Gasteiger partial charge in [-0.2, -0.15) is 0 Å². The third kappa shape index (κ3) is 4.45. The molecule has 0 bridgehead atoms. The summed E-state index contributed by atoms with van der Waals surface area (Å²) in [6.07, 6.45) is 0. The predicted octanol–water partition coefficient (Wildman–Crippen LogP) is 13.2. The number of aromatic nitrogens is 2. The van der Waals surface area contributed by atoms with Gasteiger partial charge >= 0.3 is 0 Å². The molecular formula is C48H34N2S. The number of rotatable bonds is 6. The van der Waals surface area contributed by atoms with Crippen LogP contribution in [0.5, 0.6) is 0 Å². The number of hydrogen-bond donors (Lipinski definition) is 0. The fourth-order valence-corrected chi connectivity index (χ4v) is 12.0. The number of fused-ring (bicyclic) bond motifs is 7. The second kappa shape index (κ2) is 11.9. The van der Waals surface area contributed by atoms with Crippen molar-refractivity contribution in [1.29, 1.82) is 0 Å². The van der Waals surface area contributed by atoms with E-state index in [-0.39, 0.29) is 0 Å². The molecule has 0 saturated heterocycles. The van der Waals surface area contributed by atoms with E-state index in [0.717, 1.165) is 5.69 Å². The molecule has 0 fully saturated rings. The Morgan fingerprint density at radius 1 is 0.255 bits per heavy atom. The standard InChI is InChI=1S/C48H34N2S/c1-5-17-35(18-6-1)49-43-27-15-13-25-41(43)47-45(49)33-34-46-48(47)42-26-14-16-28-44(42)50(46)36-29-31-40(32-30-36)51(37-19-7-2-8-20-37,38-21-9-3-10-22-38)39-23-11-4-12-24-39/h1-34H. The van der Waals surface area contributed by atoms with Gasteiger partial charge in [0.2, 0.25) is 0 Å². The Hall–Kier alpha value is -6.29. The second-order valence-electron chi connectivity index (χ2n) is 12.9. The lowest BCUT2D eigenvalue weighted by atomic mass is 10.1. The number of benzene rings is 8. The molecule has 0 saturated carbocycles. The first-order valence-corrected chi connectivity index (χ1v) is 19.1. The summed E-state index contributed by atoms with van der Waals surface area (Å²) in [6.45, 7) is 0. The van der Waals surface area contributed by atoms with Gasteiger partial charge in [0.05, 0.1) is 22.1 Å². The van der Waals surface area contributed by atoms with Crippen LogP contribution >= 0.6 is 10.0 Å². The van der Waals surface area contributed by atoms with Crippen LogP contribution < -0.4 is 0 Å². The minimum Gasteiger partial charge on any atom is -0.309 e. The molecule has 10 rings (SSSR count). The molecule has 0 amide bonds. The Morgan fingerprint density at radius 2 is 0.588 bits per heavy atom. The second-order valence-corrected chi connectivity index (χ2v) is 16.1. The Balaban J connectivity index is 1.24. The molecule has 2 aromatic heterocycles. The van der Waals surface area contributed by atoms with Crippen molar-refractivity contribution in [3.63, 3.8) is 0 Å². The van der Waals surface area contributed by atoms with Crippen molar-refractivity contribution in [2.24, 2.45) is 0 Å². The van der Waals surface area contributed by atoms with Crippen LogP contribution in [0.1, 0.15) is 0 Å². The highest BCUT2D eigenvalue weighted by atomic mass is 32.3. The van der Waals surface area contributed by atoms with Crippen LogP contribution in [0.2, 0.25) is 0 Å². The van der Waals surface area contributed by atoms with Gasteiger partial charge in [-0.3, -0.25) is 0 Å². The maximum Gasteiger partial charge on any atom is 0.0548 e. The fraction of sp³-hybridized carbons (Fsp3) is 0. The van der Waals surface area contributed by atoms with Crippen LogP contribution in [0.4, 0.5) is 0 Å². The summed E-state index contributed by atoms with van der Waals surface area (Å²) < 4.78 is 4.86. The molecule has 2 heterocycles. The van der Waals surface area contributed by atoms with Gasteiger partial charge in [0.15, 0.2) is 0 Å². The van der Waals surface area contributed by atoms with Crippen LogP contribution in [-0.4, -0.2) is 9.13 Å². The van der Waals surface area contributed by atoms with Gasteiger partial charge in [-0.1, -0.05) is 109 Å². The normalized spacial score (nSPS) is 12.2. The van der Waals surface area contributed by atoms with Crippen molar-refractivity contribution in [2.75, 3.05) is 0 Å². The maximum atomic E-state index is 2.45. The van der Waals surface area contributed by atoms with E-state index in [2.05, 4.69) is 215 Å². The Bertz CT molecular complexity index is 2720. The fourth-order valence-electron chi connectivity index (χ4n) is 8.14. The average molecular weight is 671 g/mol. The topological polar surface area (TPSA) is 9.86 Å². The molecule has 3 heteroatoms. The maximum absolute atomic E-state index is 2.45. The smallest absolute Gasteiger partial charge is 0.0548 e. The Kier molecular flexibility index (Phi) is 6.93. The van der Waals surface area contributed by atoms with E-state index in [1.807, 2.05) is 0 Å². The zero-order valence-electron chi connectivity index (χ0n) is 27.9. The first kappa shape index (κ1) is 29.6. The minimum atomic E-state index is -1.77. The molecule has 0 atom stereocenters. The quantitative estimate of drug-likeness (QED) is 0.167. The molecular weight excluding hydrogens is 637 g/mol. The third-order valence-corrected chi connectivity index (χ3v) is 14.1. The molecule has 0 unspecified atom stereocenters. The van der Waals surface area contributed by atoms with Gasteiger partial charge in [0.25, 0.3) is 0 Å². The molecule has 242 valence electrons. The monoisotopic (exact) mass is 670 g/mol. The van der Waals surface area contributed by atoms with Gasteiger partial charge in [-0.05, 0) is 97.1 Å². The van der Waals surface area contributed by atoms with Gasteiger partial charge in [-0.15, -0.1) is 10.0 Å². The summed E-state index contributed by atoms with van der Waals surface area (Å²) in [5, 5.41) is 5.10. The molecule has 10 aromatic rings. The lowest BCUT2D eigenvalue weighted by Gasteiger charge is -2.42. The molecule has 0 spiro atoms. The van der Waals surface area contributed by atoms with Crippen LogP contribution in [0.25, 0.3) is 55.0 Å². The molecule has 2 nitrogen and oxygen atoms in total. The Morgan fingerprint density at radius 3 is 1.02 bits per heavy atom. The summed E-state index contributed by atoms with van der Waals surface area (Å²) >= 11 is 0. The van der Waals surface area contributed by atoms with E-state index < -0.39 is 10.0 Å². The Labute approximate surface area is 298 Å². The van der Waals surface area contributed by atoms with Crippen LogP contribution in [0.15, 0.2) is 226 Å². The summed E-state index contributed by atoms with van der Waals surface area (Å²) in [5.74, 6) is 0. The highest BCUT2D eigenvalue weighted by molar-refractivity contribution is 8.34. The highest BCUT2D eigenvalue weighted by Gasteiger charge is 2.33. The van der Waals surface area contributed by atoms with E-state index in [0.29, 0.717) is 0 Å². The van der Waals surface area contributed by atoms with Crippen LogP contribution in [0, 0.1) is 0 Å². The molecule has 51 heavy (non-hydrogen) atoms. The summed E-state index contributed by atoms with van der Waals surface area (Å²) in [5.41, 5.74) is 7.17. The van der Waals surface area contributed by atoms with Crippen molar-refractivity contribution in [3.8, 4) is 11.4 Å². The van der Waals surface area contributed by atoms with E-state index in [1.165, 1.54) is 68.9 Å². The lowest BCUT2D eigenvalue weighted by molar-refractivity contribution is 1.16. The zero-order chi connectivity index (χ0) is 33.8.